The lowest BCUT2D eigenvalue weighted by Crippen LogP contribution is -2.05. The van der Waals surface area contributed by atoms with Gasteiger partial charge in [-0.3, -0.25) is 0 Å². The zero-order chi connectivity index (χ0) is 9.68. The van der Waals surface area contributed by atoms with Crippen molar-refractivity contribution in [2.75, 3.05) is 6.61 Å². The summed E-state index contributed by atoms with van der Waals surface area (Å²) < 4.78 is 4.53. The second kappa shape index (κ2) is 4.24. The Kier molecular flexibility index (Phi) is 3.02. The van der Waals surface area contributed by atoms with Gasteiger partial charge in [0.1, 0.15) is 12.1 Å². The second-order valence-corrected chi connectivity index (χ2v) is 2.79. The van der Waals surface area contributed by atoms with Crippen LogP contribution >= 0.6 is 11.3 Å². The molecule has 0 amide bonds. The molecular formula is C8H4N2O2S. The van der Waals surface area contributed by atoms with Crippen LogP contribution < -0.4 is 0 Å². The minimum Gasteiger partial charge on any atom is -0.447 e. The molecule has 0 radical (unpaired) electrons. The van der Waals surface area contributed by atoms with E-state index in [-0.39, 0.29) is 17.7 Å². The van der Waals surface area contributed by atoms with Gasteiger partial charge in [-0.25, -0.2) is 4.79 Å². The third-order valence-electron chi connectivity index (χ3n) is 1.27. The van der Waals surface area contributed by atoms with Gasteiger partial charge in [0, 0.05) is 10.8 Å². The first-order chi connectivity index (χ1) is 6.29. The van der Waals surface area contributed by atoms with Crippen LogP contribution in [0, 0.1) is 22.7 Å². The lowest BCUT2D eigenvalue weighted by Gasteiger charge is -1.96. The maximum atomic E-state index is 11.1. The van der Waals surface area contributed by atoms with Crippen molar-refractivity contribution in [2.24, 2.45) is 0 Å². The van der Waals surface area contributed by atoms with Gasteiger partial charge in [-0.05, 0) is 0 Å². The van der Waals surface area contributed by atoms with Crippen molar-refractivity contribution in [2.45, 2.75) is 0 Å². The molecule has 0 unspecified atom stereocenters. The smallest absolute Gasteiger partial charge is 0.341 e. The summed E-state index contributed by atoms with van der Waals surface area (Å²) in [6.45, 7) is -0.292. The fourth-order valence-electron chi connectivity index (χ4n) is 0.717. The van der Waals surface area contributed by atoms with Crippen molar-refractivity contribution in [1.82, 2.24) is 0 Å². The third-order valence-corrected chi connectivity index (χ3v) is 2.01. The summed E-state index contributed by atoms with van der Waals surface area (Å²) in [4.78, 5) is 11.1. The highest BCUT2D eigenvalue weighted by molar-refractivity contribution is 7.08. The van der Waals surface area contributed by atoms with Crippen molar-refractivity contribution < 1.29 is 9.53 Å². The Morgan fingerprint density at radius 3 is 2.92 bits per heavy atom. The van der Waals surface area contributed by atoms with Crippen LogP contribution in [-0.2, 0) is 4.74 Å². The number of hydrogen-bond acceptors (Lipinski definition) is 5. The van der Waals surface area contributed by atoms with Crippen molar-refractivity contribution in [3.8, 4) is 12.1 Å². The van der Waals surface area contributed by atoms with Crippen LogP contribution in [0.5, 0.6) is 0 Å². The molecular weight excluding hydrogens is 188 g/mol. The monoisotopic (exact) mass is 192 g/mol. The summed E-state index contributed by atoms with van der Waals surface area (Å²) in [5.74, 6) is -0.626. The fourth-order valence-corrected chi connectivity index (χ4v) is 1.46. The summed E-state index contributed by atoms with van der Waals surface area (Å²) in [6.07, 6.45) is 0. The minimum absolute atomic E-state index is 0.225. The van der Waals surface area contributed by atoms with Gasteiger partial charge in [0.25, 0.3) is 0 Å². The molecule has 0 atom stereocenters. The van der Waals surface area contributed by atoms with Gasteiger partial charge in [-0.15, -0.1) is 0 Å². The number of carbonyl (C=O) groups excluding carboxylic acids is 1. The maximum Gasteiger partial charge on any atom is 0.341 e. The molecule has 13 heavy (non-hydrogen) atoms. The summed E-state index contributed by atoms with van der Waals surface area (Å²) in [7, 11) is 0. The Bertz CT molecular complexity index is 397. The average molecular weight is 192 g/mol. The largest absolute Gasteiger partial charge is 0.447 e. The topological polar surface area (TPSA) is 73.9 Å². The van der Waals surface area contributed by atoms with Crippen molar-refractivity contribution in [3.63, 3.8) is 0 Å². The number of rotatable bonds is 2. The Labute approximate surface area is 78.6 Å². The summed E-state index contributed by atoms with van der Waals surface area (Å²) in [5, 5.41) is 19.8. The number of nitriles is 2. The molecule has 0 fully saturated rings. The number of hydrogen-bond donors (Lipinski definition) is 0. The van der Waals surface area contributed by atoms with E-state index in [0.29, 0.717) is 0 Å². The van der Waals surface area contributed by atoms with Gasteiger partial charge in [-0.1, -0.05) is 0 Å². The number of esters is 1. The van der Waals surface area contributed by atoms with Gasteiger partial charge >= 0.3 is 5.97 Å². The molecule has 0 saturated carbocycles. The van der Waals surface area contributed by atoms with E-state index in [1.54, 1.807) is 11.4 Å². The predicted molar refractivity (Wildman–Crippen MR) is 44.9 cm³/mol. The molecule has 0 aliphatic carbocycles. The molecule has 0 saturated heterocycles. The van der Waals surface area contributed by atoms with Crippen LogP contribution in [0.25, 0.3) is 0 Å². The molecule has 1 heterocycles. The first-order valence-electron chi connectivity index (χ1n) is 3.30. The van der Waals surface area contributed by atoms with E-state index >= 15 is 0 Å². The van der Waals surface area contributed by atoms with Gasteiger partial charge < -0.3 is 4.74 Å². The number of ether oxygens (including phenoxy) is 1. The molecule has 64 valence electrons. The Morgan fingerprint density at radius 1 is 1.54 bits per heavy atom. The Morgan fingerprint density at radius 2 is 2.31 bits per heavy atom. The molecule has 1 rings (SSSR count). The van der Waals surface area contributed by atoms with Crippen LogP contribution in [0.15, 0.2) is 10.8 Å². The second-order valence-electron chi connectivity index (χ2n) is 2.05. The van der Waals surface area contributed by atoms with Gasteiger partial charge in [0.2, 0.25) is 0 Å². The first-order valence-corrected chi connectivity index (χ1v) is 4.24. The highest BCUT2D eigenvalue weighted by Crippen LogP contribution is 2.14. The molecule has 4 nitrogen and oxygen atoms in total. The highest BCUT2D eigenvalue weighted by atomic mass is 32.1. The average Bonchev–Trinajstić information content (AvgIpc) is 2.61. The standard InChI is InChI=1S/C8H4N2O2S/c9-1-2-12-8(11)7-5-13-4-6(7)3-10/h4-5H,2H2. The van der Waals surface area contributed by atoms with Gasteiger partial charge in [-0.2, -0.15) is 21.9 Å². The molecule has 5 heteroatoms. The van der Waals surface area contributed by atoms with E-state index in [4.69, 9.17) is 10.5 Å². The van der Waals surface area contributed by atoms with E-state index in [1.807, 2.05) is 6.07 Å². The molecule has 0 spiro atoms. The van der Waals surface area contributed by atoms with E-state index in [1.165, 1.54) is 16.7 Å². The van der Waals surface area contributed by atoms with E-state index < -0.39 is 5.97 Å². The van der Waals surface area contributed by atoms with Crippen molar-refractivity contribution in [1.29, 1.82) is 10.5 Å². The number of nitrogens with zero attached hydrogens (tertiary/aromatic N) is 2. The third kappa shape index (κ3) is 2.05. The normalized spacial score (nSPS) is 8.46. The Balaban J connectivity index is 2.79. The highest BCUT2D eigenvalue weighted by Gasteiger charge is 2.12. The van der Waals surface area contributed by atoms with E-state index in [9.17, 15) is 4.79 Å². The summed E-state index contributed by atoms with van der Waals surface area (Å²) in [5.41, 5.74) is 0.510. The zero-order valence-electron chi connectivity index (χ0n) is 6.48. The summed E-state index contributed by atoms with van der Waals surface area (Å²) in [6, 6.07) is 3.54. The van der Waals surface area contributed by atoms with Crippen LogP contribution in [-0.4, -0.2) is 12.6 Å². The van der Waals surface area contributed by atoms with Crippen molar-refractivity contribution >= 4 is 17.3 Å². The quantitative estimate of drug-likeness (QED) is 0.662. The molecule has 0 N–H and O–H groups in total. The molecule has 0 aliphatic heterocycles. The van der Waals surface area contributed by atoms with Crippen molar-refractivity contribution in [3.05, 3.63) is 21.9 Å². The van der Waals surface area contributed by atoms with Gasteiger partial charge in [0.05, 0.1) is 11.1 Å². The number of thiophene rings is 1. The lowest BCUT2D eigenvalue weighted by molar-refractivity contribution is 0.0555. The molecule has 0 aromatic carbocycles. The molecule has 0 bridgehead atoms. The zero-order valence-corrected chi connectivity index (χ0v) is 7.30. The number of carbonyl (C=O) groups is 1. The predicted octanol–water partition coefficient (Wildman–Crippen LogP) is 1.30. The van der Waals surface area contributed by atoms with E-state index in [0.717, 1.165) is 0 Å². The SMILES string of the molecule is N#CCOC(=O)c1cscc1C#N. The molecule has 0 aliphatic rings. The Hall–Kier alpha value is -1.85. The molecule has 1 aromatic heterocycles. The van der Waals surface area contributed by atoms with Crippen LogP contribution in [0.1, 0.15) is 15.9 Å². The maximum absolute atomic E-state index is 11.1. The van der Waals surface area contributed by atoms with Gasteiger partial charge in [0.15, 0.2) is 6.61 Å². The van der Waals surface area contributed by atoms with Crippen LogP contribution in [0.4, 0.5) is 0 Å². The first kappa shape index (κ1) is 9.24. The van der Waals surface area contributed by atoms with Crippen LogP contribution in [0.3, 0.4) is 0 Å². The molecule has 1 aromatic rings. The lowest BCUT2D eigenvalue weighted by atomic mass is 10.2. The summed E-state index contributed by atoms with van der Waals surface area (Å²) >= 11 is 1.25. The fraction of sp³-hybridized carbons (Fsp3) is 0.125. The van der Waals surface area contributed by atoms with Crippen LogP contribution in [0.2, 0.25) is 0 Å². The minimum atomic E-state index is -0.626. The van der Waals surface area contributed by atoms with E-state index in [2.05, 4.69) is 4.74 Å².